The molecule has 1 heterocycles. The number of aromatic nitrogens is 1. The zero-order valence-electron chi connectivity index (χ0n) is 11.6. The van der Waals surface area contributed by atoms with Gasteiger partial charge in [0.2, 0.25) is 0 Å². The highest BCUT2D eigenvalue weighted by atomic mass is 14.9. The van der Waals surface area contributed by atoms with E-state index in [1.165, 1.54) is 43.1 Å². The van der Waals surface area contributed by atoms with E-state index in [1.54, 1.807) is 0 Å². The van der Waals surface area contributed by atoms with E-state index in [1.807, 2.05) is 12.3 Å². The predicted molar refractivity (Wildman–Crippen MR) is 80.3 cm³/mol. The third-order valence-corrected chi connectivity index (χ3v) is 4.45. The second kappa shape index (κ2) is 5.70. The molecule has 0 radical (unpaired) electrons. The summed E-state index contributed by atoms with van der Waals surface area (Å²) < 4.78 is 0. The highest BCUT2D eigenvalue weighted by Crippen LogP contribution is 2.28. The standard InChI is InChI=1S/C17H22N2/c1-18-16-7-4-13(5-8-16)11-14-6-9-17-15(12-14)3-2-10-19-17/h2-3,6,9-10,12-13,16,18H,4-5,7-8,11H2,1H3. The summed E-state index contributed by atoms with van der Waals surface area (Å²) in [6, 6.07) is 11.6. The van der Waals surface area contributed by atoms with Gasteiger partial charge < -0.3 is 5.32 Å². The second-order valence-corrected chi connectivity index (χ2v) is 5.74. The van der Waals surface area contributed by atoms with Crippen LogP contribution in [-0.2, 0) is 6.42 Å². The zero-order valence-corrected chi connectivity index (χ0v) is 11.6. The lowest BCUT2D eigenvalue weighted by Gasteiger charge is -2.28. The maximum atomic E-state index is 4.38. The SMILES string of the molecule is CNC1CCC(Cc2ccc3ncccc3c2)CC1. The largest absolute Gasteiger partial charge is 0.317 e. The van der Waals surface area contributed by atoms with E-state index in [4.69, 9.17) is 0 Å². The van der Waals surface area contributed by atoms with Crippen molar-refractivity contribution in [1.82, 2.24) is 10.3 Å². The molecular formula is C17H22N2. The number of fused-ring (bicyclic) bond motifs is 1. The van der Waals surface area contributed by atoms with Crippen LogP contribution in [0.4, 0.5) is 0 Å². The molecule has 1 aliphatic carbocycles. The second-order valence-electron chi connectivity index (χ2n) is 5.74. The Morgan fingerprint density at radius 1 is 1.16 bits per heavy atom. The Hall–Kier alpha value is -1.41. The summed E-state index contributed by atoms with van der Waals surface area (Å²) in [5.74, 6) is 0.860. The Balaban J connectivity index is 1.68. The van der Waals surface area contributed by atoms with Crippen LogP contribution in [0.5, 0.6) is 0 Å². The molecule has 2 nitrogen and oxygen atoms in total. The first-order chi connectivity index (χ1) is 9.35. The Labute approximate surface area is 115 Å². The van der Waals surface area contributed by atoms with Crippen LogP contribution in [0.2, 0.25) is 0 Å². The highest BCUT2D eigenvalue weighted by molar-refractivity contribution is 5.78. The van der Waals surface area contributed by atoms with Crippen LogP contribution in [0.25, 0.3) is 10.9 Å². The lowest BCUT2D eigenvalue weighted by Crippen LogP contribution is -2.30. The quantitative estimate of drug-likeness (QED) is 0.906. The van der Waals surface area contributed by atoms with Gasteiger partial charge in [-0.15, -0.1) is 0 Å². The lowest BCUT2D eigenvalue weighted by molar-refractivity contribution is 0.300. The van der Waals surface area contributed by atoms with E-state index in [0.29, 0.717) is 0 Å². The Morgan fingerprint density at radius 3 is 2.79 bits per heavy atom. The fraction of sp³-hybridized carbons (Fsp3) is 0.471. The molecule has 2 aromatic rings. The number of rotatable bonds is 3. The molecule has 0 saturated heterocycles. The first-order valence-corrected chi connectivity index (χ1v) is 7.36. The molecule has 0 amide bonds. The molecule has 0 unspecified atom stereocenters. The van der Waals surface area contributed by atoms with Crippen LogP contribution in [0.15, 0.2) is 36.5 Å². The molecule has 100 valence electrons. The average molecular weight is 254 g/mol. The third-order valence-electron chi connectivity index (χ3n) is 4.45. The fourth-order valence-corrected chi connectivity index (χ4v) is 3.24. The van der Waals surface area contributed by atoms with E-state index in [9.17, 15) is 0 Å². The van der Waals surface area contributed by atoms with Crippen LogP contribution in [0, 0.1) is 5.92 Å². The minimum atomic E-state index is 0.747. The van der Waals surface area contributed by atoms with Crippen LogP contribution >= 0.6 is 0 Å². The smallest absolute Gasteiger partial charge is 0.0702 e. The topological polar surface area (TPSA) is 24.9 Å². The molecule has 0 spiro atoms. The number of nitrogens with zero attached hydrogens (tertiary/aromatic N) is 1. The average Bonchev–Trinajstić information content (AvgIpc) is 2.48. The van der Waals surface area contributed by atoms with E-state index < -0.39 is 0 Å². The summed E-state index contributed by atoms with van der Waals surface area (Å²) >= 11 is 0. The van der Waals surface area contributed by atoms with Gasteiger partial charge in [0.15, 0.2) is 0 Å². The molecule has 1 N–H and O–H groups in total. The van der Waals surface area contributed by atoms with Crippen molar-refractivity contribution in [2.24, 2.45) is 5.92 Å². The van der Waals surface area contributed by atoms with Crippen LogP contribution in [0.1, 0.15) is 31.2 Å². The van der Waals surface area contributed by atoms with Crippen molar-refractivity contribution in [3.8, 4) is 0 Å². The monoisotopic (exact) mass is 254 g/mol. The van der Waals surface area contributed by atoms with Gasteiger partial charge in [-0.05, 0) is 68.8 Å². The molecule has 1 aromatic heterocycles. The maximum absolute atomic E-state index is 4.38. The van der Waals surface area contributed by atoms with Gasteiger partial charge in [-0.1, -0.05) is 12.1 Å². The zero-order chi connectivity index (χ0) is 13.1. The number of pyridine rings is 1. The molecule has 1 aromatic carbocycles. The molecule has 1 aliphatic rings. The number of nitrogens with one attached hydrogen (secondary N) is 1. The van der Waals surface area contributed by atoms with Crippen molar-refractivity contribution >= 4 is 10.9 Å². The first kappa shape index (κ1) is 12.6. The van der Waals surface area contributed by atoms with Gasteiger partial charge in [-0.25, -0.2) is 0 Å². The molecule has 0 aliphatic heterocycles. The molecular weight excluding hydrogens is 232 g/mol. The Morgan fingerprint density at radius 2 is 2.00 bits per heavy atom. The van der Waals surface area contributed by atoms with Gasteiger partial charge >= 0.3 is 0 Å². The van der Waals surface area contributed by atoms with E-state index >= 15 is 0 Å². The van der Waals surface area contributed by atoms with E-state index in [-0.39, 0.29) is 0 Å². The summed E-state index contributed by atoms with van der Waals surface area (Å²) in [6.45, 7) is 0. The van der Waals surface area contributed by atoms with Crippen molar-refractivity contribution in [1.29, 1.82) is 0 Å². The van der Waals surface area contributed by atoms with Crippen molar-refractivity contribution < 1.29 is 0 Å². The Bertz CT molecular complexity index is 542. The van der Waals surface area contributed by atoms with Gasteiger partial charge in [0.05, 0.1) is 5.52 Å². The summed E-state index contributed by atoms with van der Waals surface area (Å²) in [5, 5.41) is 4.67. The minimum absolute atomic E-state index is 0.747. The molecule has 2 heteroatoms. The van der Waals surface area contributed by atoms with Crippen molar-refractivity contribution in [3.63, 3.8) is 0 Å². The molecule has 0 bridgehead atoms. The van der Waals surface area contributed by atoms with Gasteiger partial charge in [0.1, 0.15) is 0 Å². The fourth-order valence-electron chi connectivity index (χ4n) is 3.24. The summed E-state index contributed by atoms with van der Waals surface area (Å²) in [6.07, 6.45) is 8.46. The van der Waals surface area contributed by atoms with Gasteiger partial charge in [0.25, 0.3) is 0 Å². The van der Waals surface area contributed by atoms with Gasteiger partial charge in [0, 0.05) is 17.6 Å². The Kier molecular flexibility index (Phi) is 3.79. The summed E-state index contributed by atoms with van der Waals surface area (Å²) in [7, 11) is 2.08. The predicted octanol–water partition coefficient (Wildman–Crippen LogP) is 3.56. The van der Waals surface area contributed by atoms with Crippen LogP contribution in [-0.4, -0.2) is 18.1 Å². The number of benzene rings is 1. The molecule has 3 rings (SSSR count). The maximum Gasteiger partial charge on any atom is 0.0702 e. The van der Waals surface area contributed by atoms with Crippen molar-refractivity contribution in [2.75, 3.05) is 7.05 Å². The lowest BCUT2D eigenvalue weighted by atomic mass is 9.82. The van der Waals surface area contributed by atoms with Crippen molar-refractivity contribution in [2.45, 2.75) is 38.1 Å². The minimum Gasteiger partial charge on any atom is -0.317 e. The summed E-state index contributed by atoms with van der Waals surface area (Å²) in [5.41, 5.74) is 2.57. The number of hydrogen-bond acceptors (Lipinski definition) is 2. The molecule has 0 atom stereocenters. The van der Waals surface area contributed by atoms with E-state index in [0.717, 1.165) is 17.5 Å². The highest BCUT2D eigenvalue weighted by Gasteiger charge is 2.20. The van der Waals surface area contributed by atoms with Gasteiger partial charge in [-0.2, -0.15) is 0 Å². The van der Waals surface area contributed by atoms with Crippen LogP contribution < -0.4 is 5.32 Å². The van der Waals surface area contributed by atoms with E-state index in [2.05, 4.69) is 41.6 Å². The van der Waals surface area contributed by atoms with Crippen molar-refractivity contribution in [3.05, 3.63) is 42.1 Å². The molecule has 1 fully saturated rings. The molecule has 1 saturated carbocycles. The summed E-state index contributed by atoms with van der Waals surface area (Å²) in [4.78, 5) is 4.38. The number of hydrogen-bond donors (Lipinski definition) is 1. The van der Waals surface area contributed by atoms with Crippen LogP contribution in [0.3, 0.4) is 0 Å². The van der Waals surface area contributed by atoms with Gasteiger partial charge in [-0.3, -0.25) is 4.98 Å². The first-order valence-electron chi connectivity index (χ1n) is 7.36. The third kappa shape index (κ3) is 2.95. The molecule has 19 heavy (non-hydrogen) atoms. The normalized spacial score (nSPS) is 23.6.